The van der Waals surface area contributed by atoms with Gasteiger partial charge in [0.15, 0.2) is 0 Å². The molecule has 19 heavy (non-hydrogen) atoms. The van der Waals surface area contributed by atoms with Crippen molar-refractivity contribution in [1.29, 1.82) is 0 Å². The molecule has 5 heteroatoms. The smallest absolute Gasteiger partial charge is 0.261 e. The molecule has 1 rings (SSSR count). The molecule has 1 aromatic rings. The summed E-state index contributed by atoms with van der Waals surface area (Å²) in [6.07, 6.45) is 2.14. The van der Waals surface area contributed by atoms with Crippen molar-refractivity contribution in [2.24, 2.45) is 5.92 Å². The van der Waals surface area contributed by atoms with Crippen molar-refractivity contribution < 1.29 is 13.2 Å². The van der Waals surface area contributed by atoms with E-state index in [0.717, 1.165) is 24.2 Å². The number of ether oxygens (including phenoxy) is 1. The summed E-state index contributed by atoms with van der Waals surface area (Å²) in [5.41, 5.74) is 1.48. The first kappa shape index (κ1) is 16.3. The fourth-order valence-electron chi connectivity index (χ4n) is 1.92. The van der Waals surface area contributed by atoms with Gasteiger partial charge in [-0.15, -0.1) is 0 Å². The lowest BCUT2D eigenvalue weighted by Gasteiger charge is -2.17. The fourth-order valence-corrected chi connectivity index (χ4v) is 3.17. The van der Waals surface area contributed by atoms with Gasteiger partial charge in [-0.2, -0.15) is 0 Å². The van der Waals surface area contributed by atoms with E-state index < -0.39 is 9.05 Å². The maximum Gasteiger partial charge on any atom is 0.261 e. The van der Waals surface area contributed by atoms with Crippen LogP contribution in [0.15, 0.2) is 17.0 Å². The lowest BCUT2D eigenvalue weighted by atomic mass is 10.1. The SMILES string of the molecule is CCC(CC)COc1ccc(S(=O)(=O)Cl)c(C)c1C. The Balaban J connectivity index is 2.98. The predicted molar refractivity (Wildman–Crippen MR) is 78.5 cm³/mol. The summed E-state index contributed by atoms with van der Waals surface area (Å²) in [5, 5.41) is 0. The first-order valence-corrected chi connectivity index (χ1v) is 8.79. The van der Waals surface area contributed by atoms with E-state index in [9.17, 15) is 8.42 Å². The predicted octanol–water partition coefficient (Wildman–Crippen LogP) is 4.05. The van der Waals surface area contributed by atoms with E-state index in [1.807, 2.05) is 6.92 Å². The zero-order valence-electron chi connectivity index (χ0n) is 11.9. The quantitative estimate of drug-likeness (QED) is 0.745. The van der Waals surface area contributed by atoms with Gasteiger partial charge in [0, 0.05) is 10.7 Å². The van der Waals surface area contributed by atoms with E-state index in [1.165, 1.54) is 6.07 Å². The highest BCUT2D eigenvalue weighted by atomic mass is 35.7. The highest BCUT2D eigenvalue weighted by Crippen LogP contribution is 2.29. The Bertz CT molecular complexity index is 534. The van der Waals surface area contributed by atoms with Crippen LogP contribution < -0.4 is 4.74 Å². The topological polar surface area (TPSA) is 43.4 Å². The maximum absolute atomic E-state index is 11.4. The molecule has 0 atom stereocenters. The number of rotatable bonds is 6. The van der Waals surface area contributed by atoms with Crippen LogP contribution in [0.1, 0.15) is 37.8 Å². The molecule has 0 fully saturated rings. The summed E-state index contributed by atoms with van der Waals surface area (Å²) in [7, 11) is 1.70. The second-order valence-corrected chi connectivity index (χ2v) is 7.28. The van der Waals surface area contributed by atoms with Crippen LogP contribution in [-0.4, -0.2) is 15.0 Å². The lowest BCUT2D eigenvalue weighted by Crippen LogP contribution is -2.11. The number of hydrogen-bond donors (Lipinski definition) is 0. The Hall–Kier alpha value is -0.740. The third-order valence-corrected chi connectivity index (χ3v) is 5.05. The van der Waals surface area contributed by atoms with Gasteiger partial charge in [-0.25, -0.2) is 8.42 Å². The second kappa shape index (κ2) is 6.62. The molecular weight excluding hydrogens is 284 g/mol. The zero-order chi connectivity index (χ0) is 14.6. The van der Waals surface area contributed by atoms with Crippen LogP contribution in [-0.2, 0) is 9.05 Å². The van der Waals surface area contributed by atoms with Crippen molar-refractivity contribution in [3.05, 3.63) is 23.3 Å². The zero-order valence-corrected chi connectivity index (χ0v) is 13.4. The Kier molecular flexibility index (Phi) is 5.68. The van der Waals surface area contributed by atoms with Crippen LogP contribution in [0.3, 0.4) is 0 Å². The summed E-state index contributed by atoms with van der Waals surface area (Å²) >= 11 is 0. The van der Waals surface area contributed by atoms with Crippen molar-refractivity contribution in [2.75, 3.05) is 6.61 Å². The van der Waals surface area contributed by atoms with Crippen LogP contribution in [0.25, 0.3) is 0 Å². The Morgan fingerprint density at radius 1 is 1.16 bits per heavy atom. The van der Waals surface area contributed by atoms with Crippen LogP contribution >= 0.6 is 10.7 Å². The van der Waals surface area contributed by atoms with E-state index in [2.05, 4.69) is 13.8 Å². The summed E-state index contributed by atoms with van der Waals surface area (Å²) in [4.78, 5) is 0.154. The molecule has 0 aliphatic carbocycles. The average molecular weight is 305 g/mol. The molecule has 0 unspecified atom stereocenters. The molecule has 0 aliphatic heterocycles. The minimum atomic E-state index is -3.70. The van der Waals surface area contributed by atoms with E-state index in [4.69, 9.17) is 15.4 Å². The molecule has 0 aromatic heterocycles. The van der Waals surface area contributed by atoms with Gasteiger partial charge in [-0.3, -0.25) is 0 Å². The minimum Gasteiger partial charge on any atom is -0.493 e. The molecule has 0 heterocycles. The summed E-state index contributed by atoms with van der Waals surface area (Å²) in [6, 6.07) is 3.19. The third-order valence-electron chi connectivity index (χ3n) is 3.58. The molecule has 3 nitrogen and oxygen atoms in total. The Labute approximate surface area is 120 Å². The van der Waals surface area contributed by atoms with Crippen LogP contribution in [0, 0.1) is 19.8 Å². The molecule has 0 bridgehead atoms. The highest BCUT2D eigenvalue weighted by molar-refractivity contribution is 8.13. The molecule has 0 amide bonds. The van der Waals surface area contributed by atoms with E-state index in [1.54, 1.807) is 13.0 Å². The van der Waals surface area contributed by atoms with Crippen molar-refractivity contribution in [3.8, 4) is 5.75 Å². The molecule has 0 saturated carbocycles. The molecule has 108 valence electrons. The minimum absolute atomic E-state index is 0.154. The van der Waals surface area contributed by atoms with Crippen molar-refractivity contribution in [1.82, 2.24) is 0 Å². The van der Waals surface area contributed by atoms with Gasteiger partial charge in [-0.1, -0.05) is 26.7 Å². The maximum atomic E-state index is 11.4. The first-order valence-electron chi connectivity index (χ1n) is 6.48. The van der Waals surface area contributed by atoms with Crippen LogP contribution in [0.2, 0.25) is 0 Å². The van der Waals surface area contributed by atoms with Gasteiger partial charge in [-0.05, 0) is 43.0 Å². The molecular formula is C14H21ClO3S. The van der Waals surface area contributed by atoms with Gasteiger partial charge in [0.1, 0.15) is 5.75 Å². The summed E-state index contributed by atoms with van der Waals surface area (Å²) < 4.78 is 28.6. The monoisotopic (exact) mass is 304 g/mol. The standard InChI is InChI=1S/C14H21ClO3S/c1-5-12(6-2)9-18-13-7-8-14(19(15,16)17)11(4)10(13)3/h7-8,12H,5-6,9H2,1-4H3. The number of benzene rings is 1. The second-order valence-electron chi connectivity index (χ2n) is 4.74. The number of halogens is 1. The normalized spacial score (nSPS) is 11.9. The fraction of sp³-hybridized carbons (Fsp3) is 0.571. The van der Waals surface area contributed by atoms with Gasteiger partial charge < -0.3 is 4.74 Å². The van der Waals surface area contributed by atoms with Gasteiger partial charge >= 0.3 is 0 Å². The van der Waals surface area contributed by atoms with Gasteiger partial charge in [0.05, 0.1) is 11.5 Å². The lowest BCUT2D eigenvalue weighted by molar-refractivity contribution is 0.239. The molecule has 0 saturated heterocycles. The molecule has 0 spiro atoms. The molecule has 0 aliphatic rings. The van der Waals surface area contributed by atoms with E-state index >= 15 is 0 Å². The van der Waals surface area contributed by atoms with Crippen molar-refractivity contribution >= 4 is 19.7 Å². The van der Waals surface area contributed by atoms with Gasteiger partial charge in [0.2, 0.25) is 0 Å². The molecule has 0 N–H and O–H groups in total. The third kappa shape index (κ3) is 4.11. The van der Waals surface area contributed by atoms with E-state index in [0.29, 0.717) is 18.1 Å². The van der Waals surface area contributed by atoms with Crippen LogP contribution in [0.5, 0.6) is 5.75 Å². The van der Waals surface area contributed by atoms with Crippen LogP contribution in [0.4, 0.5) is 0 Å². The van der Waals surface area contributed by atoms with E-state index in [-0.39, 0.29) is 4.90 Å². The largest absolute Gasteiger partial charge is 0.493 e. The average Bonchev–Trinajstić information content (AvgIpc) is 2.34. The summed E-state index contributed by atoms with van der Waals surface area (Å²) in [6.45, 7) is 8.52. The Morgan fingerprint density at radius 2 is 1.74 bits per heavy atom. The van der Waals surface area contributed by atoms with Gasteiger partial charge in [0.25, 0.3) is 9.05 Å². The Morgan fingerprint density at radius 3 is 2.21 bits per heavy atom. The molecule has 0 radical (unpaired) electrons. The van der Waals surface area contributed by atoms with Crippen molar-refractivity contribution in [2.45, 2.75) is 45.4 Å². The highest BCUT2D eigenvalue weighted by Gasteiger charge is 2.17. The summed E-state index contributed by atoms with van der Waals surface area (Å²) in [5.74, 6) is 1.25. The molecule has 1 aromatic carbocycles. The number of hydrogen-bond acceptors (Lipinski definition) is 3. The first-order chi connectivity index (χ1) is 8.81. The van der Waals surface area contributed by atoms with Crippen molar-refractivity contribution in [3.63, 3.8) is 0 Å².